The van der Waals surface area contributed by atoms with Crippen LogP contribution in [0.2, 0.25) is 0 Å². The second-order valence-electron chi connectivity index (χ2n) is 5.31. The Labute approximate surface area is 128 Å². The number of nitro groups is 1. The minimum atomic E-state index is -0.452. The molecule has 0 aliphatic carbocycles. The van der Waals surface area contributed by atoms with E-state index in [-0.39, 0.29) is 11.7 Å². The van der Waals surface area contributed by atoms with Gasteiger partial charge in [0.15, 0.2) is 0 Å². The maximum atomic E-state index is 10.6. The van der Waals surface area contributed by atoms with Gasteiger partial charge in [-0.1, -0.05) is 0 Å². The highest BCUT2D eigenvalue weighted by Crippen LogP contribution is 2.26. The largest absolute Gasteiger partial charge is 0.468 e. The first-order valence-electron chi connectivity index (χ1n) is 7.36. The Morgan fingerprint density at radius 2 is 2.18 bits per heavy atom. The molecule has 1 N–H and O–H groups in total. The van der Waals surface area contributed by atoms with Gasteiger partial charge in [0.05, 0.1) is 17.2 Å². The van der Waals surface area contributed by atoms with Gasteiger partial charge >= 0.3 is 0 Å². The molecule has 1 aliphatic heterocycles. The molecular weight excluding hydrogens is 284 g/mol. The first kappa shape index (κ1) is 14.5. The summed E-state index contributed by atoms with van der Waals surface area (Å²) in [5, 5.41) is 13.9. The molecule has 1 fully saturated rings. The summed E-state index contributed by atoms with van der Waals surface area (Å²) in [7, 11) is 0. The van der Waals surface area contributed by atoms with Crippen molar-refractivity contribution in [3.05, 3.63) is 52.6 Å². The number of furan rings is 1. The Kier molecular flexibility index (Phi) is 4.34. The summed E-state index contributed by atoms with van der Waals surface area (Å²) in [6.45, 7) is 2.76. The van der Waals surface area contributed by atoms with Crippen molar-refractivity contribution in [2.45, 2.75) is 18.9 Å². The molecule has 3 rings (SSSR count). The normalized spacial score (nSPS) is 16.5. The summed E-state index contributed by atoms with van der Waals surface area (Å²) < 4.78 is 5.56. The van der Waals surface area contributed by atoms with E-state index in [1.54, 1.807) is 12.3 Å². The lowest BCUT2D eigenvalue weighted by molar-refractivity contribution is -0.385. The quantitative estimate of drug-likeness (QED) is 0.652. The molecule has 0 spiro atoms. The van der Waals surface area contributed by atoms with Gasteiger partial charge in [0.1, 0.15) is 17.8 Å². The van der Waals surface area contributed by atoms with Crippen LogP contribution in [0.1, 0.15) is 24.6 Å². The number of hydrogen-bond acceptors (Lipinski definition) is 6. The molecule has 0 aromatic carbocycles. The summed E-state index contributed by atoms with van der Waals surface area (Å²) in [6.07, 6.45) is 5.35. The number of rotatable bonds is 6. The van der Waals surface area contributed by atoms with Gasteiger partial charge in [0, 0.05) is 12.6 Å². The van der Waals surface area contributed by atoms with Crippen LogP contribution in [0.5, 0.6) is 0 Å². The third-order valence-electron chi connectivity index (χ3n) is 3.89. The maximum Gasteiger partial charge on any atom is 0.287 e. The maximum absolute atomic E-state index is 10.6. The fourth-order valence-corrected chi connectivity index (χ4v) is 2.74. The molecule has 22 heavy (non-hydrogen) atoms. The number of anilines is 1. The summed E-state index contributed by atoms with van der Waals surface area (Å²) in [5.41, 5.74) is -0.00678. The SMILES string of the molecule is O=[N+]([O-])c1ccc(NC[C@@H](c2ccco2)N2CCCC2)nc1. The standard InChI is InChI=1S/C15H18N4O3/c20-19(21)12-5-6-15(16-10-12)17-11-13(14-4-3-9-22-14)18-7-1-2-8-18/h3-6,9-10,13H,1-2,7-8,11H2,(H,16,17)/t13-/m0/s1. The van der Waals surface area contributed by atoms with E-state index in [1.807, 2.05) is 12.1 Å². The summed E-state index contributed by atoms with van der Waals surface area (Å²) in [6, 6.07) is 7.10. The fraction of sp³-hybridized carbons (Fsp3) is 0.400. The van der Waals surface area contributed by atoms with Gasteiger partial charge in [0.25, 0.3) is 5.69 Å². The van der Waals surface area contributed by atoms with Gasteiger partial charge in [0.2, 0.25) is 0 Å². The molecule has 2 aromatic heterocycles. The molecule has 7 heteroatoms. The first-order chi connectivity index (χ1) is 10.7. The van der Waals surface area contributed by atoms with Crippen LogP contribution in [0.3, 0.4) is 0 Å². The molecule has 2 aromatic rings. The topological polar surface area (TPSA) is 84.4 Å². The Morgan fingerprint density at radius 1 is 1.36 bits per heavy atom. The molecule has 0 bridgehead atoms. The van der Waals surface area contributed by atoms with Crippen LogP contribution in [0.25, 0.3) is 0 Å². The molecule has 0 amide bonds. The summed E-state index contributed by atoms with van der Waals surface area (Å²) in [4.78, 5) is 16.6. The molecule has 1 saturated heterocycles. The van der Waals surface area contributed by atoms with E-state index in [0.29, 0.717) is 12.4 Å². The molecule has 7 nitrogen and oxygen atoms in total. The van der Waals surface area contributed by atoms with Crippen LogP contribution in [-0.4, -0.2) is 34.4 Å². The van der Waals surface area contributed by atoms with Crippen LogP contribution in [0.15, 0.2) is 41.1 Å². The number of likely N-dealkylation sites (tertiary alicyclic amines) is 1. The molecule has 0 unspecified atom stereocenters. The molecule has 3 heterocycles. The predicted octanol–water partition coefficient (Wildman–Crippen LogP) is 2.83. The van der Waals surface area contributed by atoms with E-state index >= 15 is 0 Å². The molecule has 0 radical (unpaired) electrons. The van der Waals surface area contributed by atoms with Gasteiger partial charge in [-0.3, -0.25) is 15.0 Å². The van der Waals surface area contributed by atoms with Crippen LogP contribution < -0.4 is 5.32 Å². The van der Waals surface area contributed by atoms with Gasteiger partial charge in [-0.15, -0.1) is 0 Å². The molecular formula is C15H18N4O3. The van der Waals surface area contributed by atoms with E-state index in [4.69, 9.17) is 4.42 Å². The third-order valence-corrected chi connectivity index (χ3v) is 3.89. The van der Waals surface area contributed by atoms with Crippen molar-refractivity contribution in [2.75, 3.05) is 25.0 Å². The van der Waals surface area contributed by atoms with E-state index in [9.17, 15) is 10.1 Å². The van der Waals surface area contributed by atoms with Crippen molar-refractivity contribution in [3.63, 3.8) is 0 Å². The van der Waals surface area contributed by atoms with Crippen LogP contribution >= 0.6 is 0 Å². The van der Waals surface area contributed by atoms with Crippen molar-refractivity contribution in [1.29, 1.82) is 0 Å². The van der Waals surface area contributed by atoms with E-state index < -0.39 is 4.92 Å². The Balaban J connectivity index is 1.67. The molecule has 1 aliphatic rings. The highest BCUT2D eigenvalue weighted by atomic mass is 16.6. The number of aromatic nitrogens is 1. The highest BCUT2D eigenvalue weighted by molar-refractivity contribution is 5.40. The second-order valence-corrected chi connectivity index (χ2v) is 5.31. The first-order valence-corrected chi connectivity index (χ1v) is 7.36. The monoisotopic (exact) mass is 302 g/mol. The lowest BCUT2D eigenvalue weighted by Crippen LogP contribution is -2.30. The Bertz CT molecular complexity index is 606. The van der Waals surface area contributed by atoms with Gasteiger partial charge in [-0.25, -0.2) is 4.98 Å². The summed E-state index contributed by atoms with van der Waals surface area (Å²) >= 11 is 0. The fourth-order valence-electron chi connectivity index (χ4n) is 2.74. The number of nitrogens with one attached hydrogen (secondary N) is 1. The Morgan fingerprint density at radius 3 is 2.77 bits per heavy atom. The van der Waals surface area contributed by atoms with Crippen molar-refractivity contribution in [1.82, 2.24) is 9.88 Å². The van der Waals surface area contributed by atoms with E-state index in [1.165, 1.54) is 25.1 Å². The van der Waals surface area contributed by atoms with Gasteiger partial charge in [-0.05, 0) is 44.1 Å². The lowest BCUT2D eigenvalue weighted by Gasteiger charge is -2.26. The van der Waals surface area contributed by atoms with Crippen molar-refractivity contribution < 1.29 is 9.34 Å². The Hall–Kier alpha value is -2.41. The lowest BCUT2D eigenvalue weighted by atomic mass is 10.2. The second kappa shape index (κ2) is 6.57. The smallest absolute Gasteiger partial charge is 0.287 e. The van der Waals surface area contributed by atoms with Crippen molar-refractivity contribution in [3.8, 4) is 0 Å². The van der Waals surface area contributed by atoms with Crippen molar-refractivity contribution in [2.24, 2.45) is 0 Å². The minimum Gasteiger partial charge on any atom is -0.468 e. The van der Waals surface area contributed by atoms with E-state index in [2.05, 4.69) is 15.2 Å². The van der Waals surface area contributed by atoms with Crippen LogP contribution in [-0.2, 0) is 0 Å². The molecule has 116 valence electrons. The zero-order valence-electron chi connectivity index (χ0n) is 12.1. The average Bonchev–Trinajstić information content (AvgIpc) is 3.22. The molecule has 1 atom stereocenters. The predicted molar refractivity (Wildman–Crippen MR) is 81.6 cm³/mol. The minimum absolute atomic E-state index is 0.00678. The number of nitrogens with zero attached hydrogens (tertiary/aromatic N) is 3. The van der Waals surface area contributed by atoms with E-state index in [0.717, 1.165) is 18.8 Å². The zero-order chi connectivity index (χ0) is 15.4. The van der Waals surface area contributed by atoms with Crippen LogP contribution in [0.4, 0.5) is 11.5 Å². The number of hydrogen-bond donors (Lipinski definition) is 1. The third kappa shape index (κ3) is 3.25. The average molecular weight is 302 g/mol. The molecule has 0 saturated carbocycles. The van der Waals surface area contributed by atoms with Crippen LogP contribution in [0, 0.1) is 10.1 Å². The highest BCUT2D eigenvalue weighted by Gasteiger charge is 2.25. The van der Waals surface area contributed by atoms with Gasteiger partial charge in [-0.2, -0.15) is 0 Å². The summed E-state index contributed by atoms with van der Waals surface area (Å²) in [5.74, 6) is 1.55. The van der Waals surface area contributed by atoms with Crippen molar-refractivity contribution >= 4 is 11.5 Å². The van der Waals surface area contributed by atoms with Gasteiger partial charge < -0.3 is 9.73 Å². The zero-order valence-corrected chi connectivity index (χ0v) is 12.1. The number of pyridine rings is 1.